The number of aliphatic imine (C=N–C) groups is 1. The Bertz CT molecular complexity index is 805. The minimum Gasteiger partial charge on any atom is -0.491 e. The maximum absolute atomic E-state index is 11.4. The SMILES string of the molecule is CC(C)Oc1ccc(Cl)cc1C1(O)C(N)=Nc2ccc(Cl)cc21. The predicted molar refractivity (Wildman–Crippen MR) is 92.9 cm³/mol. The van der Waals surface area contributed by atoms with Crippen molar-refractivity contribution in [3.05, 3.63) is 57.6 Å². The van der Waals surface area contributed by atoms with Gasteiger partial charge < -0.3 is 15.6 Å². The standard InChI is InChI=1S/C17H16Cl2N2O2/c1-9(2)23-15-6-4-11(19)8-13(15)17(22)12-7-10(18)3-5-14(12)21-16(17)20/h3-9,22H,1-2H3,(H2,20,21). The van der Waals surface area contributed by atoms with Gasteiger partial charge in [-0.1, -0.05) is 23.2 Å². The zero-order valence-corrected chi connectivity index (χ0v) is 14.2. The molecule has 23 heavy (non-hydrogen) atoms. The molecule has 2 aromatic carbocycles. The highest BCUT2D eigenvalue weighted by atomic mass is 35.5. The normalized spacial score (nSPS) is 19.7. The number of benzene rings is 2. The molecule has 1 unspecified atom stereocenters. The zero-order chi connectivity index (χ0) is 16.8. The summed E-state index contributed by atoms with van der Waals surface area (Å²) in [5.41, 5.74) is 5.96. The molecular weight excluding hydrogens is 335 g/mol. The third kappa shape index (κ3) is 2.67. The number of aliphatic hydroxyl groups is 1. The third-order valence-electron chi connectivity index (χ3n) is 3.65. The largest absolute Gasteiger partial charge is 0.491 e. The lowest BCUT2D eigenvalue weighted by Crippen LogP contribution is -2.40. The quantitative estimate of drug-likeness (QED) is 0.878. The number of hydrogen-bond donors (Lipinski definition) is 2. The molecule has 0 spiro atoms. The van der Waals surface area contributed by atoms with Gasteiger partial charge in [0.1, 0.15) is 11.6 Å². The van der Waals surface area contributed by atoms with Gasteiger partial charge in [-0.2, -0.15) is 0 Å². The Hall–Kier alpha value is -1.75. The Balaban J connectivity index is 2.24. The molecule has 3 N–H and O–H groups in total. The van der Waals surface area contributed by atoms with Crippen LogP contribution < -0.4 is 10.5 Å². The average Bonchev–Trinajstić information content (AvgIpc) is 2.73. The molecule has 6 heteroatoms. The van der Waals surface area contributed by atoms with E-state index < -0.39 is 5.60 Å². The van der Waals surface area contributed by atoms with Gasteiger partial charge in [0.2, 0.25) is 0 Å². The summed E-state index contributed by atoms with van der Waals surface area (Å²) < 4.78 is 5.81. The first-order valence-corrected chi connectivity index (χ1v) is 7.91. The highest BCUT2D eigenvalue weighted by molar-refractivity contribution is 6.31. The van der Waals surface area contributed by atoms with E-state index in [1.54, 1.807) is 36.4 Å². The highest BCUT2D eigenvalue weighted by Gasteiger charge is 2.44. The van der Waals surface area contributed by atoms with Crippen LogP contribution in [0.15, 0.2) is 41.4 Å². The number of nitrogens with zero attached hydrogens (tertiary/aromatic N) is 1. The van der Waals surface area contributed by atoms with Crippen LogP contribution in [0.1, 0.15) is 25.0 Å². The molecule has 1 aliphatic rings. The second-order valence-electron chi connectivity index (χ2n) is 5.68. The van der Waals surface area contributed by atoms with E-state index in [1.165, 1.54) is 0 Å². The van der Waals surface area contributed by atoms with Crippen molar-refractivity contribution in [1.29, 1.82) is 0 Å². The molecule has 1 aliphatic heterocycles. The van der Waals surface area contributed by atoms with E-state index in [0.29, 0.717) is 32.6 Å². The fourth-order valence-electron chi connectivity index (χ4n) is 2.67. The van der Waals surface area contributed by atoms with E-state index in [9.17, 15) is 5.11 Å². The minimum atomic E-state index is -1.63. The summed E-state index contributed by atoms with van der Waals surface area (Å²) in [6.45, 7) is 3.80. The molecule has 2 aromatic rings. The number of nitrogens with two attached hydrogens (primary N) is 1. The second kappa shape index (κ2) is 5.71. The van der Waals surface area contributed by atoms with E-state index in [1.807, 2.05) is 13.8 Å². The van der Waals surface area contributed by atoms with Gasteiger partial charge >= 0.3 is 0 Å². The molecule has 0 fully saturated rings. The first-order valence-electron chi connectivity index (χ1n) is 7.16. The number of amidine groups is 1. The van der Waals surface area contributed by atoms with Crippen LogP contribution in [0.4, 0.5) is 5.69 Å². The Kier molecular flexibility index (Phi) is 4.00. The fourth-order valence-corrected chi connectivity index (χ4v) is 3.01. The van der Waals surface area contributed by atoms with Gasteiger partial charge in [-0.05, 0) is 50.2 Å². The van der Waals surface area contributed by atoms with E-state index >= 15 is 0 Å². The first-order chi connectivity index (χ1) is 10.8. The topological polar surface area (TPSA) is 67.8 Å². The molecule has 0 amide bonds. The van der Waals surface area contributed by atoms with Gasteiger partial charge in [-0.15, -0.1) is 0 Å². The van der Waals surface area contributed by atoms with E-state index in [0.717, 1.165) is 0 Å². The molecule has 0 bridgehead atoms. The van der Waals surface area contributed by atoms with Crippen molar-refractivity contribution in [3.8, 4) is 5.75 Å². The summed E-state index contributed by atoms with van der Waals surface area (Å²) in [4.78, 5) is 4.26. The van der Waals surface area contributed by atoms with E-state index in [2.05, 4.69) is 4.99 Å². The van der Waals surface area contributed by atoms with Crippen molar-refractivity contribution in [3.63, 3.8) is 0 Å². The van der Waals surface area contributed by atoms with Crippen LogP contribution in [-0.4, -0.2) is 17.0 Å². The molecule has 0 aliphatic carbocycles. The molecule has 0 radical (unpaired) electrons. The average molecular weight is 351 g/mol. The van der Waals surface area contributed by atoms with Crippen molar-refractivity contribution >= 4 is 34.7 Å². The Morgan fingerprint density at radius 3 is 2.35 bits per heavy atom. The summed E-state index contributed by atoms with van der Waals surface area (Å²) in [6.07, 6.45) is -0.0723. The summed E-state index contributed by atoms with van der Waals surface area (Å²) in [7, 11) is 0. The molecule has 0 aromatic heterocycles. The van der Waals surface area contributed by atoms with Gasteiger partial charge in [-0.3, -0.25) is 0 Å². The van der Waals surface area contributed by atoms with Crippen LogP contribution in [0.5, 0.6) is 5.75 Å². The van der Waals surface area contributed by atoms with Crippen LogP contribution in [0.3, 0.4) is 0 Å². The molecule has 4 nitrogen and oxygen atoms in total. The lowest BCUT2D eigenvalue weighted by atomic mass is 9.85. The monoisotopic (exact) mass is 350 g/mol. The number of rotatable bonds is 3. The fraction of sp³-hybridized carbons (Fsp3) is 0.235. The van der Waals surface area contributed by atoms with Crippen LogP contribution >= 0.6 is 23.2 Å². The van der Waals surface area contributed by atoms with Crippen LogP contribution in [0.2, 0.25) is 10.0 Å². The Labute approximate surface area is 144 Å². The number of hydrogen-bond acceptors (Lipinski definition) is 4. The summed E-state index contributed by atoms with van der Waals surface area (Å²) >= 11 is 12.2. The van der Waals surface area contributed by atoms with Gasteiger partial charge in [-0.25, -0.2) is 4.99 Å². The number of halogens is 2. The first kappa shape index (κ1) is 16.1. The van der Waals surface area contributed by atoms with Crippen molar-refractivity contribution in [2.24, 2.45) is 10.7 Å². The summed E-state index contributed by atoms with van der Waals surface area (Å²) in [5.74, 6) is 0.559. The van der Waals surface area contributed by atoms with Gasteiger partial charge in [0.25, 0.3) is 0 Å². The molecular formula is C17H16Cl2N2O2. The van der Waals surface area contributed by atoms with Crippen LogP contribution in [0.25, 0.3) is 0 Å². The maximum atomic E-state index is 11.4. The number of fused-ring (bicyclic) bond motifs is 1. The molecule has 0 saturated carbocycles. The Morgan fingerprint density at radius 1 is 1.09 bits per heavy atom. The van der Waals surface area contributed by atoms with Gasteiger partial charge in [0, 0.05) is 21.2 Å². The third-order valence-corrected chi connectivity index (χ3v) is 4.12. The summed E-state index contributed by atoms with van der Waals surface area (Å²) in [5, 5.41) is 12.3. The molecule has 0 saturated heterocycles. The van der Waals surface area contributed by atoms with Crippen molar-refractivity contribution in [2.45, 2.75) is 25.6 Å². The van der Waals surface area contributed by atoms with Crippen molar-refractivity contribution in [2.75, 3.05) is 0 Å². The van der Waals surface area contributed by atoms with Crippen LogP contribution in [-0.2, 0) is 5.60 Å². The molecule has 120 valence electrons. The molecule has 3 rings (SSSR count). The number of ether oxygens (including phenoxy) is 1. The minimum absolute atomic E-state index is 0.0608. The lowest BCUT2D eigenvalue weighted by molar-refractivity contribution is 0.148. The van der Waals surface area contributed by atoms with E-state index in [-0.39, 0.29) is 11.9 Å². The summed E-state index contributed by atoms with van der Waals surface area (Å²) in [6, 6.07) is 10.1. The smallest absolute Gasteiger partial charge is 0.178 e. The second-order valence-corrected chi connectivity index (χ2v) is 6.55. The molecule has 1 heterocycles. The van der Waals surface area contributed by atoms with Gasteiger partial charge in [0.05, 0.1) is 11.8 Å². The molecule has 1 atom stereocenters. The predicted octanol–water partition coefficient (Wildman–Crippen LogP) is 4.02. The zero-order valence-electron chi connectivity index (χ0n) is 12.7. The van der Waals surface area contributed by atoms with Crippen LogP contribution in [0, 0.1) is 0 Å². The lowest BCUT2D eigenvalue weighted by Gasteiger charge is -2.28. The van der Waals surface area contributed by atoms with Crippen molar-refractivity contribution in [1.82, 2.24) is 0 Å². The van der Waals surface area contributed by atoms with Crippen molar-refractivity contribution < 1.29 is 9.84 Å². The Morgan fingerprint density at radius 2 is 1.70 bits per heavy atom. The highest BCUT2D eigenvalue weighted by Crippen LogP contribution is 2.46. The van der Waals surface area contributed by atoms with Gasteiger partial charge in [0.15, 0.2) is 5.60 Å². The van der Waals surface area contributed by atoms with E-state index in [4.69, 9.17) is 33.7 Å². The maximum Gasteiger partial charge on any atom is 0.178 e.